The summed E-state index contributed by atoms with van der Waals surface area (Å²) < 4.78 is 20.6. The van der Waals surface area contributed by atoms with Gasteiger partial charge in [-0.15, -0.1) is 0 Å². The smallest absolute Gasteiger partial charge is 0.256 e. The average Bonchev–Trinajstić information content (AvgIpc) is 3.37. The molecule has 1 amide bonds. The van der Waals surface area contributed by atoms with Crippen molar-refractivity contribution in [3.05, 3.63) is 72.7 Å². The van der Waals surface area contributed by atoms with Crippen LogP contribution in [0.1, 0.15) is 16.8 Å². The van der Waals surface area contributed by atoms with Crippen LogP contribution in [-0.2, 0) is 0 Å². The van der Waals surface area contributed by atoms with Crippen molar-refractivity contribution in [1.82, 2.24) is 19.2 Å². The van der Waals surface area contributed by atoms with Crippen LogP contribution in [0, 0.1) is 5.82 Å². The van der Waals surface area contributed by atoms with E-state index in [1.807, 2.05) is 33.7 Å². The van der Waals surface area contributed by atoms with Gasteiger partial charge in [0.1, 0.15) is 17.8 Å². The first-order valence-corrected chi connectivity index (χ1v) is 10.4. The summed E-state index contributed by atoms with van der Waals surface area (Å²) in [5, 5.41) is 0. The van der Waals surface area contributed by atoms with Gasteiger partial charge in [-0.05, 0) is 55.4 Å². The van der Waals surface area contributed by atoms with E-state index in [1.165, 1.54) is 18.5 Å². The summed E-state index contributed by atoms with van der Waals surface area (Å²) in [6.45, 7) is 3.26. The number of amides is 1. The Morgan fingerprint density at radius 2 is 1.84 bits per heavy atom. The van der Waals surface area contributed by atoms with Gasteiger partial charge in [0.15, 0.2) is 6.39 Å². The minimum absolute atomic E-state index is 0.000308. The molecule has 7 heteroatoms. The summed E-state index contributed by atoms with van der Waals surface area (Å²) in [5.74, 6) is -0.273. The highest BCUT2D eigenvalue weighted by molar-refractivity contribution is 6.02. The van der Waals surface area contributed by atoms with Crippen molar-refractivity contribution in [2.75, 3.05) is 33.2 Å². The van der Waals surface area contributed by atoms with Gasteiger partial charge < -0.3 is 18.6 Å². The summed E-state index contributed by atoms with van der Waals surface area (Å²) in [6, 6.07) is 12.2. The Morgan fingerprint density at radius 3 is 2.61 bits per heavy atom. The van der Waals surface area contributed by atoms with E-state index in [2.05, 4.69) is 16.9 Å². The molecular formula is C24H23FN4O2. The Bertz CT molecular complexity index is 1210. The van der Waals surface area contributed by atoms with E-state index in [0.29, 0.717) is 23.5 Å². The number of benzene rings is 1. The first-order valence-electron chi connectivity index (χ1n) is 10.4. The molecule has 0 radical (unpaired) electrons. The molecule has 6 nitrogen and oxygen atoms in total. The van der Waals surface area contributed by atoms with Gasteiger partial charge in [-0.1, -0.05) is 18.2 Å². The molecule has 0 aliphatic carbocycles. The summed E-state index contributed by atoms with van der Waals surface area (Å²) in [7, 11) is 2.08. The van der Waals surface area contributed by atoms with Crippen LogP contribution in [0.5, 0.6) is 0 Å². The molecule has 4 aromatic rings. The lowest BCUT2D eigenvalue weighted by Gasteiger charge is -2.20. The lowest BCUT2D eigenvalue weighted by atomic mass is 10.1. The summed E-state index contributed by atoms with van der Waals surface area (Å²) in [4.78, 5) is 22.0. The van der Waals surface area contributed by atoms with Crippen LogP contribution in [-0.4, -0.2) is 58.3 Å². The van der Waals surface area contributed by atoms with Crippen molar-refractivity contribution in [2.24, 2.45) is 0 Å². The first-order chi connectivity index (χ1) is 15.1. The molecule has 4 heterocycles. The summed E-state index contributed by atoms with van der Waals surface area (Å²) in [5.41, 5.74) is 4.62. The monoisotopic (exact) mass is 418 g/mol. The van der Waals surface area contributed by atoms with Crippen molar-refractivity contribution in [3.8, 4) is 22.5 Å². The SMILES string of the molecule is CN1CCCN(C(=O)c2cc3ccc(-c4ccc(F)cc4)cn3c2-c2cocn2)CC1. The van der Waals surface area contributed by atoms with E-state index < -0.39 is 0 Å². The number of pyridine rings is 1. The van der Waals surface area contributed by atoms with Crippen molar-refractivity contribution in [1.29, 1.82) is 0 Å². The highest BCUT2D eigenvalue weighted by Gasteiger charge is 2.25. The van der Waals surface area contributed by atoms with E-state index in [4.69, 9.17) is 4.42 Å². The first kappa shape index (κ1) is 19.5. The Hall–Kier alpha value is -3.45. The molecule has 1 saturated heterocycles. The zero-order valence-corrected chi connectivity index (χ0v) is 17.3. The van der Waals surface area contributed by atoms with Crippen LogP contribution in [0.25, 0.3) is 28.0 Å². The maximum absolute atomic E-state index is 13.5. The predicted octanol–water partition coefficient (Wildman–Crippen LogP) is 4.18. The van der Waals surface area contributed by atoms with Crippen LogP contribution in [0.3, 0.4) is 0 Å². The second kappa shape index (κ2) is 8.00. The lowest BCUT2D eigenvalue weighted by Crippen LogP contribution is -2.34. The number of carbonyl (C=O) groups excluding carboxylic acids is 1. The van der Waals surface area contributed by atoms with Gasteiger partial charge >= 0.3 is 0 Å². The molecule has 0 saturated carbocycles. The van der Waals surface area contributed by atoms with Gasteiger partial charge in [0.25, 0.3) is 5.91 Å². The van der Waals surface area contributed by atoms with Crippen molar-refractivity contribution < 1.29 is 13.6 Å². The van der Waals surface area contributed by atoms with Crippen LogP contribution < -0.4 is 0 Å². The fourth-order valence-electron chi connectivity index (χ4n) is 4.16. The fourth-order valence-corrected chi connectivity index (χ4v) is 4.16. The maximum Gasteiger partial charge on any atom is 0.256 e. The molecule has 1 aliphatic rings. The second-order valence-corrected chi connectivity index (χ2v) is 7.95. The molecule has 31 heavy (non-hydrogen) atoms. The molecule has 0 unspecified atom stereocenters. The minimum Gasteiger partial charge on any atom is -0.451 e. The van der Waals surface area contributed by atoms with Crippen LogP contribution in [0.2, 0.25) is 0 Å². The Kier molecular flexibility index (Phi) is 5.03. The molecule has 158 valence electrons. The van der Waals surface area contributed by atoms with E-state index >= 15 is 0 Å². The topological polar surface area (TPSA) is 54.0 Å². The Labute approximate surface area is 179 Å². The fraction of sp³-hybridized carbons (Fsp3) is 0.250. The number of likely N-dealkylation sites (N-methyl/N-ethyl adjacent to an activating group) is 1. The number of fused-ring (bicyclic) bond motifs is 1. The number of halogens is 1. The van der Waals surface area contributed by atoms with Crippen LogP contribution >= 0.6 is 0 Å². The molecule has 1 aromatic carbocycles. The molecule has 0 atom stereocenters. The predicted molar refractivity (Wildman–Crippen MR) is 116 cm³/mol. The van der Waals surface area contributed by atoms with Crippen LogP contribution in [0.4, 0.5) is 4.39 Å². The van der Waals surface area contributed by atoms with Gasteiger partial charge in [-0.25, -0.2) is 9.37 Å². The molecule has 0 N–H and O–H groups in total. The lowest BCUT2D eigenvalue weighted by molar-refractivity contribution is 0.0763. The van der Waals surface area contributed by atoms with E-state index in [-0.39, 0.29) is 11.7 Å². The number of aromatic nitrogens is 2. The number of oxazole rings is 1. The zero-order chi connectivity index (χ0) is 21.4. The van der Waals surface area contributed by atoms with E-state index in [1.54, 1.807) is 18.4 Å². The number of hydrogen-bond acceptors (Lipinski definition) is 4. The number of hydrogen-bond donors (Lipinski definition) is 0. The third kappa shape index (κ3) is 3.72. The van der Waals surface area contributed by atoms with Gasteiger partial charge in [-0.3, -0.25) is 4.79 Å². The standard InChI is InChI=1S/C24H23FN4O2/c1-27-9-2-10-28(12-11-27)24(30)21-13-20-8-5-18(17-3-6-19(25)7-4-17)14-29(20)23(21)22-15-31-16-26-22/h3-8,13-16H,2,9-12H2,1H3. The Balaban J connectivity index is 1.62. The van der Waals surface area contributed by atoms with E-state index in [0.717, 1.165) is 42.7 Å². The third-order valence-corrected chi connectivity index (χ3v) is 5.86. The average molecular weight is 418 g/mol. The molecule has 1 fully saturated rings. The quantitative estimate of drug-likeness (QED) is 0.501. The third-order valence-electron chi connectivity index (χ3n) is 5.86. The van der Waals surface area contributed by atoms with Crippen molar-refractivity contribution in [3.63, 3.8) is 0 Å². The molecule has 0 bridgehead atoms. The molecule has 5 rings (SSSR count). The normalized spacial score (nSPS) is 15.4. The summed E-state index contributed by atoms with van der Waals surface area (Å²) in [6.07, 6.45) is 5.83. The van der Waals surface area contributed by atoms with Gasteiger partial charge in [0.2, 0.25) is 0 Å². The molecular weight excluding hydrogens is 395 g/mol. The van der Waals surface area contributed by atoms with Gasteiger partial charge in [0.05, 0.1) is 11.3 Å². The number of rotatable bonds is 3. The maximum atomic E-state index is 13.5. The zero-order valence-electron chi connectivity index (χ0n) is 17.3. The Morgan fingerprint density at radius 1 is 1.03 bits per heavy atom. The molecule has 3 aromatic heterocycles. The van der Waals surface area contributed by atoms with Crippen molar-refractivity contribution >= 4 is 11.4 Å². The number of nitrogens with zero attached hydrogens (tertiary/aromatic N) is 4. The van der Waals surface area contributed by atoms with Crippen LogP contribution in [0.15, 0.2) is 65.7 Å². The molecule has 0 spiro atoms. The van der Waals surface area contributed by atoms with Crippen molar-refractivity contribution in [2.45, 2.75) is 6.42 Å². The largest absolute Gasteiger partial charge is 0.451 e. The second-order valence-electron chi connectivity index (χ2n) is 7.95. The highest BCUT2D eigenvalue weighted by Crippen LogP contribution is 2.30. The number of carbonyl (C=O) groups is 1. The highest BCUT2D eigenvalue weighted by atomic mass is 19.1. The van der Waals surface area contributed by atoms with E-state index in [9.17, 15) is 9.18 Å². The minimum atomic E-state index is -0.273. The van der Waals surface area contributed by atoms with Gasteiger partial charge in [0, 0.05) is 31.3 Å². The summed E-state index contributed by atoms with van der Waals surface area (Å²) >= 11 is 0. The van der Waals surface area contributed by atoms with Gasteiger partial charge in [-0.2, -0.15) is 0 Å². The molecule has 1 aliphatic heterocycles.